The van der Waals surface area contributed by atoms with E-state index in [1.165, 1.54) is 24.3 Å². The van der Waals surface area contributed by atoms with Gasteiger partial charge in [-0.1, -0.05) is 12.2 Å². The molecule has 140 valence electrons. The van der Waals surface area contributed by atoms with Crippen LogP contribution in [0, 0.1) is 11.3 Å². The Hall–Kier alpha value is -3.51. The Morgan fingerprint density at radius 2 is 1.63 bits per heavy atom. The molecule has 0 spiro atoms. The van der Waals surface area contributed by atoms with Crippen molar-refractivity contribution in [3.05, 3.63) is 46.5 Å². The number of benzene rings is 2. The zero-order chi connectivity index (χ0) is 20.1. The lowest BCUT2D eigenvalue weighted by molar-refractivity contribution is 0.367. The standard InChI is InChI=1S/C18H15FN2O5S/c19-6-11-1-9(3-13(22)16(11)25)2-12(7-20)18(27)21-8-10-4-14(23)17(26)15(24)5-10/h1-5,22-26H,6,8H2,(H,21,27)/b12-2+. The minimum absolute atomic E-state index is 0.00659. The van der Waals surface area contributed by atoms with E-state index in [9.17, 15) is 35.2 Å². The van der Waals surface area contributed by atoms with E-state index >= 15 is 0 Å². The Kier molecular flexibility index (Phi) is 6.05. The predicted octanol–water partition coefficient (Wildman–Crippen LogP) is 2.71. The highest BCUT2D eigenvalue weighted by Gasteiger charge is 2.12. The lowest BCUT2D eigenvalue weighted by Gasteiger charge is -2.10. The average Bonchev–Trinajstić information content (AvgIpc) is 2.64. The summed E-state index contributed by atoms with van der Waals surface area (Å²) in [4.78, 5) is 0.0268. The molecule has 0 radical (unpaired) electrons. The van der Waals surface area contributed by atoms with E-state index in [1.54, 1.807) is 0 Å². The van der Waals surface area contributed by atoms with E-state index in [2.05, 4.69) is 5.32 Å². The summed E-state index contributed by atoms with van der Waals surface area (Å²) in [7, 11) is 0. The van der Waals surface area contributed by atoms with Crippen LogP contribution in [0.5, 0.6) is 28.7 Å². The first-order valence-electron chi connectivity index (χ1n) is 7.51. The van der Waals surface area contributed by atoms with Crippen molar-refractivity contribution in [3.63, 3.8) is 0 Å². The smallest absolute Gasteiger partial charge is 0.200 e. The summed E-state index contributed by atoms with van der Waals surface area (Å²) in [6.45, 7) is -0.963. The van der Waals surface area contributed by atoms with Gasteiger partial charge in [0, 0.05) is 12.1 Å². The van der Waals surface area contributed by atoms with E-state index < -0.39 is 35.4 Å². The van der Waals surface area contributed by atoms with Gasteiger partial charge >= 0.3 is 0 Å². The molecule has 7 nitrogen and oxygen atoms in total. The van der Waals surface area contributed by atoms with Gasteiger partial charge in [0.05, 0.1) is 5.57 Å². The summed E-state index contributed by atoms with van der Waals surface area (Å²) < 4.78 is 12.9. The summed E-state index contributed by atoms with van der Waals surface area (Å²) >= 11 is 5.12. The minimum Gasteiger partial charge on any atom is -0.504 e. The third-order valence-corrected chi connectivity index (χ3v) is 3.96. The highest BCUT2D eigenvalue weighted by atomic mass is 32.1. The van der Waals surface area contributed by atoms with E-state index in [0.29, 0.717) is 5.56 Å². The monoisotopic (exact) mass is 390 g/mol. The summed E-state index contributed by atoms with van der Waals surface area (Å²) in [5.74, 6) is -2.75. The van der Waals surface area contributed by atoms with Crippen LogP contribution < -0.4 is 5.32 Å². The summed E-state index contributed by atoms with van der Waals surface area (Å²) in [6.07, 6.45) is 1.30. The zero-order valence-electron chi connectivity index (χ0n) is 13.8. The van der Waals surface area contributed by atoms with Crippen molar-refractivity contribution in [2.24, 2.45) is 0 Å². The van der Waals surface area contributed by atoms with Crippen LogP contribution >= 0.6 is 12.2 Å². The number of hydrogen-bond acceptors (Lipinski definition) is 7. The number of alkyl halides is 1. The average molecular weight is 390 g/mol. The Labute approximate surface area is 158 Å². The van der Waals surface area contributed by atoms with Crippen LogP contribution in [-0.2, 0) is 13.2 Å². The number of phenols is 5. The van der Waals surface area contributed by atoms with Crippen LogP contribution in [-0.4, -0.2) is 30.5 Å². The van der Waals surface area contributed by atoms with Gasteiger partial charge in [0.15, 0.2) is 28.7 Å². The maximum Gasteiger partial charge on any atom is 0.200 e. The van der Waals surface area contributed by atoms with Crippen LogP contribution in [0.1, 0.15) is 16.7 Å². The van der Waals surface area contributed by atoms with Gasteiger partial charge in [-0.3, -0.25) is 0 Å². The van der Waals surface area contributed by atoms with Gasteiger partial charge in [-0.2, -0.15) is 5.26 Å². The molecular formula is C18H15FN2O5S. The third-order valence-electron chi connectivity index (χ3n) is 3.59. The van der Waals surface area contributed by atoms with Gasteiger partial charge < -0.3 is 30.8 Å². The molecule has 2 aromatic rings. The van der Waals surface area contributed by atoms with Crippen LogP contribution in [0.25, 0.3) is 6.08 Å². The number of halogens is 1. The number of aromatic hydroxyl groups is 5. The van der Waals surface area contributed by atoms with E-state index in [1.807, 2.05) is 6.07 Å². The molecule has 0 bridgehead atoms. The molecule has 0 aliphatic rings. The molecular weight excluding hydrogens is 375 g/mol. The van der Waals surface area contributed by atoms with Gasteiger partial charge in [0.25, 0.3) is 0 Å². The van der Waals surface area contributed by atoms with Gasteiger partial charge in [-0.25, -0.2) is 4.39 Å². The van der Waals surface area contributed by atoms with Crippen molar-refractivity contribution in [1.29, 1.82) is 5.26 Å². The number of rotatable bonds is 5. The number of hydrogen-bond donors (Lipinski definition) is 6. The van der Waals surface area contributed by atoms with E-state index in [-0.39, 0.29) is 28.2 Å². The summed E-state index contributed by atoms with van der Waals surface area (Å²) in [6, 6.07) is 6.73. The normalized spacial score (nSPS) is 11.0. The second-order valence-corrected chi connectivity index (χ2v) is 5.92. The molecule has 6 N–H and O–H groups in total. The Bertz CT molecular complexity index is 946. The van der Waals surface area contributed by atoms with Gasteiger partial charge in [0.2, 0.25) is 0 Å². The van der Waals surface area contributed by atoms with Crippen molar-refractivity contribution >= 4 is 23.3 Å². The maximum absolute atomic E-state index is 12.9. The first-order chi connectivity index (χ1) is 12.8. The van der Waals surface area contributed by atoms with Crippen LogP contribution in [0.2, 0.25) is 0 Å². The molecule has 0 unspecified atom stereocenters. The maximum atomic E-state index is 12.9. The topological polar surface area (TPSA) is 137 Å². The van der Waals surface area contributed by atoms with Crippen molar-refractivity contribution in [2.45, 2.75) is 13.2 Å². The fourth-order valence-corrected chi connectivity index (χ4v) is 2.42. The van der Waals surface area contributed by atoms with Crippen LogP contribution in [0.3, 0.4) is 0 Å². The highest BCUT2D eigenvalue weighted by Crippen LogP contribution is 2.35. The number of thiocarbonyl (C=S) groups is 1. The fraction of sp³-hybridized carbons (Fsp3) is 0.111. The quantitative estimate of drug-likeness (QED) is 0.198. The molecule has 2 aromatic carbocycles. The zero-order valence-corrected chi connectivity index (χ0v) is 14.6. The summed E-state index contributed by atoms with van der Waals surface area (Å²) in [5.41, 5.74) is 0.530. The van der Waals surface area contributed by atoms with Crippen molar-refractivity contribution in [3.8, 4) is 34.8 Å². The number of nitriles is 1. The molecule has 0 saturated carbocycles. The first kappa shape index (κ1) is 19.8. The molecule has 0 aliphatic heterocycles. The molecule has 2 rings (SSSR count). The molecule has 0 amide bonds. The summed E-state index contributed by atoms with van der Waals surface area (Å²) in [5, 5.41) is 59.5. The van der Waals surface area contributed by atoms with Gasteiger partial charge in [-0.15, -0.1) is 0 Å². The van der Waals surface area contributed by atoms with Crippen molar-refractivity contribution in [1.82, 2.24) is 5.32 Å². The fourth-order valence-electron chi connectivity index (χ4n) is 2.24. The second-order valence-electron chi connectivity index (χ2n) is 5.52. The molecule has 9 heteroatoms. The molecule has 0 saturated heterocycles. The van der Waals surface area contributed by atoms with Crippen LogP contribution in [0.15, 0.2) is 29.8 Å². The van der Waals surface area contributed by atoms with E-state index in [0.717, 1.165) is 6.07 Å². The Morgan fingerprint density at radius 1 is 1.04 bits per heavy atom. The second kappa shape index (κ2) is 8.25. The Balaban J connectivity index is 2.20. The molecule has 0 aliphatic carbocycles. The van der Waals surface area contributed by atoms with Gasteiger partial charge in [0.1, 0.15) is 17.7 Å². The van der Waals surface area contributed by atoms with Crippen molar-refractivity contribution in [2.75, 3.05) is 0 Å². The SMILES string of the molecule is N#C/C(=C\c1cc(O)c(O)c(CF)c1)C(=S)NCc1cc(O)c(O)c(O)c1. The molecule has 0 fully saturated rings. The van der Waals surface area contributed by atoms with Crippen molar-refractivity contribution < 1.29 is 29.9 Å². The third kappa shape index (κ3) is 4.56. The molecule has 0 heterocycles. The van der Waals surface area contributed by atoms with Crippen LogP contribution in [0.4, 0.5) is 4.39 Å². The number of nitrogens with zero attached hydrogens (tertiary/aromatic N) is 1. The molecule has 27 heavy (non-hydrogen) atoms. The van der Waals surface area contributed by atoms with Gasteiger partial charge in [-0.05, 0) is 41.5 Å². The largest absolute Gasteiger partial charge is 0.504 e. The first-order valence-corrected chi connectivity index (χ1v) is 7.92. The predicted molar refractivity (Wildman–Crippen MR) is 99.0 cm³/mol. The highest BCUT2D eigenvalue weighted by molar-refractivity contribution is 7.80. The number of nitrogens with one attached hydrogen (secondary N) is 1. The van der Waals surface area contributed by atoms with E-state index in [4.69, 9.17) is 12.2 Å². The lowest BCUT2D eigenvalue weighted by Crippen LogP contribution is -2.22. The molecule has 0 atom stereocenters. The number of phenolic OH excluding ortho intramolecular Hbond substituents is 5. The molecule has 0 aromatic heterocycles. The lowest BCUT2D eigenvalue weighted by atomic mass is 10.1. The Morgan fingerprint density at radius 3 is 2.19 bits per heavy atom. The minimum atomic E-state index is -1.00.